The Hall–Kier alpha value is -2.34. The number of morpholine rings is 1. The molecule has 1 saturated heterocycles. The summed E-state index contributed by atoms with van der Waals surface area (Å²) in [5.74, 6) is 0.0141. The Balaban J connectivity index is 1.90. The number of ether oxygens (including phenoxy) is 1. The zero-order valence-electron chi connectivity index (χ0n) is 14.2. The minimum atomic E-state index is -0.244. The molecule has 6 nitrogen and oxygen atoms in total. The first-order valence-electron chi connectivity index (χ1n) is 8.16. The average molecular weight is 331 g/mol. The van der Waals surface area contributed by atoms with Gasteiger partial charge in [-0.1, -0.05) is 18.2 Å². The lowest BCUT2D eigenvalue weighted by Gasteiger charge is -2.35. The van der Waals surface area contributed by atoms with Crippen molar-refractivity contribution < 1.29 is 14.3 Å². The highest BCUT2D eigenvalue weighted by atomic mass is 16.5. The van der Waals surface area contributed by atoms with Gasteiger partial charge in [-0.2, -0.15) is 0 Å². The Morgan fingerprint density at radius 3 is 2.42 bits per heavy atom. The Bertz CT molecular complexity index is 576. The molecule has 6 heteroatoms. The van der Waals surface area contributed by atoms with Crippen molar-refractivity contribution in [3.05, 3.63) is 48.0 Å². The highest BCUT2D eigenvalue weighted by Crippen LogP contribution is 2.15. The molecular weight excluding hydrogens is 306 g/mol. The van der Waals surface area contributed by atoms with Gasteiger partial charge in [0.05, 0.1) is 12.2 Å². The molecule has 0 aromatic heterocycles. The molecule has 0 bridgehead atoms. The molecule has 1 heterocycles. The monoisotopic (exact) mass is 331 g/mol. The Morgan fingerprint density at radius 1 is 1.21 bits per heavy atom. The third kappa shape index (κ3) is 5.09. The van der Waals surface area contributed by atoms with Gasteiger partial charge in [-0.05, 0) is 31.5 Å². The number of carbonyl (C=O) groups excluding carboxylic acids is 2. The van der Waals surface area contributed by atoms with Crippen molar-refractivity contribution in [1.29, 1.82) is 0 Å². The number of carbonyl (C=O) groups is 2. The van der Waals surface area contributed by atoms with E-state index in [2.05, 4.69) is 17.2 Å². The molecule has 130 valence electrons. The lowest BCUT2D eigenvalue weighted by molar-refractivity contribution is -0.0586. The number of benzene rings is 1. The van der Waals surface area contributed by atoms with Crippen LogP contribution in [0.1, 0.15) is 29.8 Å². The van der Waals surface area contributed by atoms with Crippen LogP contribution in [-0.2, 0) is 11.3 Å². The van der Waals surface area contributed by atoms with Gasteiger partial charge in [0.2, 0.25) is 0 Å². The molecule has 1 aromatic rings. The van der Waals surface area contributed by atoms with E-state index in [-0.39, 0.29) is 24.1 Å². The molecule has 1 aliphatic rings. The lowest BCUT2D eigenvalue weighted by atomic mass is 10.1. The van der Waals surface area contributed by atoms with E-state index in [0.717, 1.165) is 5.56 Å². The molecule has 24 heavy (non-hydrogen) atoms. The summed E-state index contributed by atoms with van der Waals surface area (Å²) in [4.78, 5) is 25.9. The summed E-state index contributed by atoms with van der Waals surface area (Å²) in [6.45, 7) is 9.53. The number of nitrogens with one attached hydrogen (secondary N) is 2. The van der Waals surface area contributed by atoms with Gasteiger partial charge in [0.25, 0.3) is 5.91 Å². The van der Waals surface area contributed by atoms with Crippen LogP contribution in [0.4, 0.5) is 4.79 Å². The molecule has 2 atom stereocenters. The average Bonchev–Trinajstić information content (AvgIpc) is 2.57. The van der Waals surface area contributed by atoms with Gasteiger partial charge in [-0.25, -0.2) is 4.79 Å². The lowest BCUT2D eigenvalue weighted by Crippen LogP contribution is -2.48. The highest BCUT2D eigenvalue weighted by Gasteiger charge is 2.26. The van der Waals surface area contributed by atoms with Crippen molar-refractivity contribution in [2.75, 3.05) is 19.6 Å². The first-order chi connectivity index (χ1) is 11.5. The topological polar surface area (TPSA) is 70.7 Å². The first kappa shape index (κ1) is 18.0. The summed E-state index contributed by atoms with van der Waals surface area (Å²) in [5.41, 5.74) is 1.58. The van der Waals surface area contributed by atoms with E-state index in [1.54, 1.807) is 18.2 Å². The Kier molecular flexibility index (Phi) is 6.37. The maximum atomic E-state index is 12.6. The summed E-state index contributed by atoms with van der Waals surface area (Å²) in [7, 11) is 0. The standard InChI is InChI=1S/C18H25N3O3/c1-4-9-19-18(23)20-10-15-5-7-16(8-6-15)17(22)21-11-13(2)24-14(3)12-21/h4-8,13-14H,1,9-12H2,2-3H3,(H2,19,20,23). The van der Waals surface area contributed by atoms with E-state index < -0.39 is 0 Å². The molecule has 0 spiro atoms. The SMILES string of the molecule is C=CCNC(=O)NCc1ccc(C(=O)N2CC(C)OC(C)C2)cc1. The Morgan fingerprint density at radius 2 is 1.83 bits per heavy atom. The summed E-state index contributed by atoms with van der Waals surface area (Å²) in [6.07, 6.45) is 1.72. The van der Waals surface area contributed by atoms with E-state index in [0.29, 0.717) is 31.7 Å². The third-order valence-electron chi connectivity index (χ3n) is 3.77. The molecule has 2 N–H and O–H groups in total. The van der Waals surface area contributed by atoms with Gasteiger partial charge in [0.1, 0.15) is 0 Å². The van der Waals surface area contributed by atoms with Crippen LogP contribution in [-0.4, -0.2) is 48.7 Å². The second kappa shape index (κ2) is 8.49. The molecule has 3 amide bonds. The van der Waals surface area contributed by atoms with Crippen LogP contribution < -0.4 is 10.6 Å². The van der Waals surface area contributed by atoms with Crippen LogP contribution >= 0.6 is 0 Å². The van der Waals surface area contributed by atoms with E-state index >= 15 is 0 Å². The largest absolute Gasteiger partial charge is 0.372 e. The zero-order chi connectivity index (χ0) is 17.5. The predicted octanol–water partition coefficient (Wildman–Crippen LogP) is 1.92. The minimum Gasteiger partial charge on any atom is -0.372 e. The van der Waals surface area contributed by atoms with E-state index in [9.17, 15) is 9.59 Å². The van der Waals surface area contributed by atoms with Gasteiger partial charge in [0.15, 0.2) is 0 Å². The molecule has 0 radical (unpaired) electrons. The van der Waals surface area contributed by atoms with Gasteiger partial charge in [-0.3, -0.25) is 4.79 Å². The van der Waals surface area contributed by atoms with Crippen molar-refractivity contribution in [3.8, 4) is 0 Å². The number of hydrogen-bond donors (Lipinski definition) is 2. The van der Waals surface area contributed by atoms with Crippen LogP contribution in [0, 0.1) is 0 Å². The number of rotatable bonds is 5. The van der Waals surface area contributed by atoms with Crippen LogP contribution in [0.25, 0.3) is 0 Å². The maximum Gasteiger partial charge on any atom is 0.315 e. The maximum absolute atomic E-state index is 12.6. The van der Waals surface area contributed by atoms with Crippen LogP contribution in [0.2, 0.25) is 0 Å². The van der Waals surface area contributed by atoms with Crippen LogP contribution in [0.3, 0.4) is 0 Å². The zero-order valence-corrected chi connectivity index (χ0v) is 14.2. The first-order valence-corrected chi connectivity index (χ1v) is 8.16. The molecule has 2 unspecified atom stereocenters. The molecular formula is C18H25N3O3. The van der Waals surface area contributed by atoms with Crippen molar-refractivity contribution in [2.24, 2.45) is 0 Å². The quantitative estimate of drug-likeness (QED) is 0.810. The van der Waals surface area contributed by atoms with Crippen molar-refractivity contribution in [1.82, 2.24) is 15.5 Å². The van der Waals surface area contributed by atoms with Crippen molar-refractivity contribution in [2.45, 2.75) is 32.6 Å². The molecule has 1 aliphatic heterocycles. The summed E-state index contributed by atoms with van der Waals surface area (Å²) in [5, 5.41) is 5.39. The molecule has 1 fully saturated rings. The number of urea groups is 1. The number of amides is 3. The fourth-order valence-corrected chi connectivity index (χ4v) is 2.70. The predicted molar refractivity (Wildman–Crippen MR) is 92.8 cm³/mol. The normalized spacial score (nSPS) is 20.3. The summed E-state index contributed by atoms with van der Waals surface area (Å²) in [6, 6.07) is 7.06. The van der Waals surface area contributed by atoms with E-state index in [4.69, 9.17) is 4.74 Å². The van der Waals surface area contributed by atoms with Gasteiger partial charge in [-0.15, -0.1) is 6.58 Å². The molecule has 0 saturated carbocycles. The summed E-state index contributed by atoms with van der Waals surface area (Å²) >= 11 is 0. The van der Waals surface area contributed by atoms with Crippen molar-refractivity contribution in [3.63, 3.8) is 0 Å². The summed E-state index contributed by atoms with van der Waals surface area (Å²) < 4.78 is 5.66. The van der Waals surface area contributed by atoms with Crippen LogP contribution in [0.15, 0.2) is 36.9 Å². The smallest absolute Gasteiger partial charge is 0.315 e. The van der Waals surface area contributed by atoms with Crippen molar-refractivity contribution >= 4 is 11.9 Å². The molecule has 0 aliphatic carbocycles. The van der Waals surface area contributed by atoms with Gasteiger partial charge in [0, 0.05) is 31.7 Å². The van der Waals surface area contributed by atoms with Gasteiger partial charge < -0.3 is 20.3 Å². The van der Waals surface area contributed by atoms with E-state index in [1.807, 2.05) is 30.9 Å². The second-order valence-electron chi connectivity index (χ2n) is 6.02. The van der Waals surface area contributed by atoms with E-state index in [1.165, 1.54) is 0 Å². The fraction of sp³-hybridized carbons (Fsp3) is 0.444. The minimum absolute atomic E-state index is 0.0141. The number of nitrogens with zero attached hydrogens (tertiary/aromatic N) is 1. The fourth-order valence-electron chi connectivity index (χ4n) is 2.70. The second-order valence-corrected chi connectivity index (χ2v) is 6.02. The Labute approximate surface area is 142 Å². The molecule has 2 rings (SSSR count). The molecule has 1 aromatic carbocycles. The third-order valence-corrected chi connectivity index (χ3v) is 3.77. The van der Waals surface area contributed by atoms with Crippen LogP contribution in [0.5, 0.6) is 0 Å². The highest BCUT2D eigenvalue weighted by molar-refractivity contribution is 5.94. The number of hydrogen-bond acceptors (Lipinski definition) is 3. The van der Waals surface area contributed by atoms with Gasteiger partial charge >= 0.3 is 6.03 Å².